The second kappa shape index (κ2) is 7.24. The highest BCUT2D eigenvalue weighted by Crippen LogP contribution is 2.37. The van der Waals surface area contributed by atoms with Gasteiger partial charge in [0.2, 0.25) is 0 Å². The number of nitrogens with one attached hydrogen (secondary N) is 3. The lowest BCUT2D eigenvalue weighted by atomic mass is 9.81. The van der Waals surface area contributed by atoms with Gasteiger partial charge in [-0.15, -0.1) is 0 Å². The Kier molecular flexibility index (Phi) is 5.16. The molecule has 1 aromatic carbocycles. The molecule has 1 aliphatic rings. The van der Waals surface area contributed by atoms with Gasteiger partial charge in [-0.2, -0.15) is 5.10 Å². The summed E-state index contributed by atoms with van der Waals surface area (Å²) in [5.41, 5.74) is 13.6. The van der Waals surface area contributed by atoms with E-state index in [1.165, 1.54) is 5.56 Å². The number of H-pyrrole nitrogens is 1. The van der Waals surface area contributed by atoms with Crippen LogP contribution >= 0.6 is 0 Å². The molecule has 27 heavy (non-hydrogen) atoms. The lowest BCUT2D eigenvalue weighted by molar-refractivity contribution is 0.341. The Morgan fingerprint density at radius 3 is 2.70 bits per heavy atom. The van der Waals surface area contributed by atoms with Gasteiger partial charge >= 0.3 is 0 Å². The summed E-state index contributed by atoms with van der Waals surface area (Å²) in [5.74, 6) is 0.451. The minimum absolute atomic E-state index is 0.203. The number of nitrogens with zero attached hydrogens (tertiary/aromatic N) is 1. The summed E-state index contributed by atoms with van der Waals surface area (Å²) < 4.78 is 0. The minimum Gasteiger partial charge on any atom is -0.494 e. The molecule has 2 aromatic rings. The molecular weight excluding hydrogens is 336 g/mol. The molecule has 5 nitrogen and oxygen atoms in total. The van der Waals surface area contributed by atoms with Crippen LogP contribution in [0.1, 0.15) is 50.4 Å². The van der Waals surface area contributed by atoms with E-state index in [2.05, 4.69) is 73.5 Å². The van der Waals surface area contributed by atoms with E-state index in [1.54, 1.807) is 0 Å². The topological polar surface area (TPSA) is 73.0 Å². The van der Waals surface area contributed by atoms with Crippen molar-refractivity contribution >= 4 is 5.57 Å². The molecule has 0 amide bonds. The van der Waals surface area contributed by atoms with Crippen molar-refractivity contribution in [3.05, 3.63) is 59.3 Å². The van der Waals surface area contributed by atoms with Gasteiger partial charge in [0, 0.05) is 16.8 Å². The van der Waals surface area contributed by atoms with Crippen LogP contribution in [0, 0.1) is 19.8 Å². The van der Waals surface area contributed by atoms with Crippen LogP contribution in [0.2, 0.25) is 0 Å². The van der Waals surface area contributed by atoms with E-state index in [4.69, 9.17) is 0 Å². The maximum Gasteiger partial charge on any atom is 0.199 e. The molecule has 144 valence electrons. The normalized spacial score (nSPS) is 20.6. The van der Waals surface area contributed by atoms with Gasteiger partial charge in [-0.05, 0) is 67.9 Å². The van der Waals surface area contributed by atoms with E-state index in [9.17, 15) is 5.11 Å². The van der Waals surface area contributed by atoms with Crippen molar-refractivity contribution in [3.8, 4) is 11.1 Å². The molecule has 0 bridgehead atoms. The Bertz CT molecular complexity index is 895. The molecule has 0 saturated carbocycles. The minimum atomic E-state index is -0.233. The van der Waals surface area contributed by atoms with Gasteiger partial charge in [-0.1, -0.05) is 32.6 Å². The lowest BCUT2D eigenvalue weighted by Crippen LogP contribution is -2.43. The average molecular weight is 367 g/mol. The lowest BCUT2D eigenvalue weighted by Gasteiger charge is -2.28. The number of rotatable bonds is 6. The summed E-state index contributed by atoms with van der Waals surface area (Å²) in [6.45, 7) is 15.0. The molecule has 4 N–H and O–H groups in total. The smallest absolute Gasteiger partial charge is 0.199 e. The quantitative estimate of drug-likeness (QED) is 0.594. The number of hydrogen-bond acceptors (Lipinski definition) is 4. The zero-order valence-corrected chi connectivity index (χ0v) is 16.9. The number of hydrazine groups is 1. The molecule has 2 heterocycles. The highest BCUT2D eigenvalue weighted by atomic mass is 16.3. The predicted octanol–water partition coefficient (Wildman–Crippen LogP) is 4.78. The van der Waals surface area contributed by atoms with Crippen LogP contribution in [-0.4, -0.2) is 20.8 Å². The van der Waals surface area contributed by atoms with Crippen LogP contribution in [0.3, 0.4) is 0 Å². The van der Waals surface area contributed by atoms with Gasteiger partial charge in [-0.3, -0.25) is 10.5 Å². The molecule has 0 fully saturated rings. The first-order valence-corrected chi connectivity index (χ1v) is 9.52. The number of aliphatic hydroxyl groups is 1. The summed E-state index contributed by atoms with van der Waals surface area (Å²) in [6, 6.07) is 6.47. The van der Waals surface area contributed by atoms with E-state index in [-0.39, 0.29) is 17.3 Å². The first kappa shape index (κ1) is 19.2. The van der Waals surface area contributed by atoms with Crippen molar-refractivity contribution in [2.24, 2.45) is 5.92 Å². The number of hydrogen-bond donors (Lipinski definition) is 4. The molecule has 0 radical (unpaired) electrons. The standard InChI is InChI=1S/C22H30N4O/c1-7-22(6)20(21(27)25-26-22)10-14(3)15(4)18-11-17(9-8-13(18)2)19-12-23-24-16(19)5/h8-9,11-12,14,25-27H,4,7,10H2,1-3,5-6H3,(H,23,24). The molecule has 3 rings (SSSR count). The molecule has 0 aliphatic carbocycles. The summed E-state index contributed by atoms with van der Waals surface area (Å²) in [6.07, 6.45) is 3.51. The number of aromatic amines is 1. The average Bonchev–Trinajstić information content (AvgIpc) is 3.20. The van der Waals surface area contributed by atoms with Crippen molar-refractivity contribution in [1.82, 2.24) is 21.0 Å². The predicted molar refractivity (Wildman–Crippen MR) is 111 cm³/mol. The SMILES string of the molecule is C=C(c1cc(-c2cn[nH]c2C)ccc1C)C(C)CC1=C(O)NNC1(C)CC. The van der Waals surface area contributed by atoms with Crippen LogP contribution in [0.25, 0.3) is 16.7 Å². The van der Waals surface area contributed by atoms with Gasteiger partial charge in [-0.25, -0.2) is 5.43 Å². The Labute approximate surface area is 161 Å². The zero-order valence-electron chi connectivity index (χ0n) is 16.9. The van der Waals surface area contributed by atoms with Crippen LogP contribution in [0.15, 0.2) is 42.4 Å². The fraction of sp³-hybridized carbons (Fsp3) is 0.409. The number of benzene rings is 1. The molecule has 1 aliphatic heterocycles. The molecule has 1 aromatic heterocycles. The first-order chi connectivity index (χ1) is 12.8. The van der Waals surface area contributed by atoms with Crippen molar-refractivity contribution in [2.45, 2.75) is 53.0 Å². The number of aliphatic hydroxyl groups excluding tert-OH is 1. The highest BCUT2D eigenvalue weighted by molar-refractivity contribution is 5.75. The maximum absolute atomic E-state index is 10.3. The molecular formula is C22H30N4O. The third-order valence-electron chi connectivity index (χ3n) is 5.95. The summed E-state index contributed by atoms with van der Waals surface area (Å²) in [4.78, 5) is 0. The van der Waals surface area contributed by atoms with Crippen molar-refractivity contribution < 1.29 is 5.11 Å². The van der Waals surface area contributed by atoms with Crippen LogP contribution in [0.4, 0.5) is 0 Å². The van der Waals surface area contributed by atoms with E-state index in [0.29, 0.717) is 0 Å². The van der Waals surface area contributed by atoms with Crippen molar-refractivity contribution in [2.75, 3.05) is 0 Å². The molecule has 2 unspecified atom stereocenters. The fourth-order valence-electron chi connectivity index (χ4n) is 3.71. The highest BCUT2D eigenvalue weighted by Gasteiger charge is 2.36. The third-order valence-corrected chi connectivity index (χ3v) is 5.95. The number of aromatic nitrogens is 2. The Hall–Kier alpha value is -2.53. The van der Waals surface area contributed by atoms with Crippen molar-refractivity contribution in [1.29, 1.82) is 0 Å². The first-order valence-electron chi connectivity index (χ1n) is 9.52. The van der Waals surface area contributed by atoms with Gasteiger partial charge in [0.25, 0.3) is 0 Å². The summed E-state index contributed by atoms with van der Waals surface area (Å²) in [5, 5.41) is 17.4. The zero-order chi connectivity index (χ0) is 19.8. The third kappa shape index (κ3) is 3.52. The molecule has 0 saturated heterocycles. The van der Waals surface area contributed by atoms with Crippen molar-refractivity contribution in [3.63, 3.8) is 0 Å². The molecule has 2 atom stereocenters. The Balaban J connectivity index is 1.87. The van der Waals surface area contributed by atoms with Crippen LogP contribution < -0.4 is 10.9 Å². The van der Waals surface area contributed by atoms with E-state index in [1.807, 2.05) is 13.1 Å². The number of allylic oxidation sites excluding steroid dienone is 1. The fourth-order valence-corrected chi connectivity index (χ4v) is 3.71. The molecule has 5 heteroatoms. The maximum atomic E-state index is 10.3. The van der Waals surface area contributed by atoms with E-state index in [0.717, 1.165) is 46.4 Å². The monoisotopic (exact) mass is 366 g/mol. The molecule has 0 spiro atoms. The van der Waals surface area contributed by atoms with E-state index >= 15 is 0 Å². The van der Waals surface area contributed by atoms with E-state index < -0.39 is 0 Å². The van der Waals surface area contributed by atoms with Crippen LogP contribution in [-0.2, 0) is 0 Å². The van der Waals surface area contributed by atoms with Crippen LogP contribution in [0.5, 0.6) is 0 Å². The summed E-state index contributed by atoms with van der Waals surface area (Å²) in [7, 11) is 0. The van der Waals surface area contributed by atoms with Gasteiger partial charge in [0.1, 0.15) is 0 Å². The second-order valence-corrected chi connectivity index (χ2v) is 7.83. The Morgan fingerprint density at radius 1 is 1.33 bits per heavy atom. The summed E-state index contributed by atoms with van der Waals surface area (Å²) >= 11 is 0. The number of aryl methyl sites for hydroxylation is 2. The van der Waals surface area contributed by atoms with Gasteiger partial charge in [0.05, 0.1) is 11.7 Å². The second-order valence-electron chi connectivity index (χ2n) is 7.83. The Morgan fingerprint density at radius 2 is 2.07 bits per heavy atom. The van der Waals surface area contributed by atoms with Gasteiger partial charge in [0.15, 0.2) is 5.88 Å². The largest absolute Gasteiger partial charge is 0.494 e. The van der Waals surface area contributed by atoms with Gasteiger partial charge < -0.3 is 5.11 Å².